The SMILES string of the molecule is C[C@@]1(O)C[C@@H](c2ccoc2)N(Cc2ccccc2)C1=O. The van der Waals surface area contributed by atoms with Crippen molar-refractivity contribution in [1.82, 2.24) is 4.90 Å². The van der Waals surface area contributed by atoms with Gasteiger partial charge in [-0.3, -0.25) is 4.79 Å². The van der Waals surface area contributed by atoms with E-state index >= 15 is 0 Å². The molecular formula is C16H17NO3. The van der Waals surface area contributed by atoms with E-state index in [1.54, 1.807) is 24.3 Å². The molecule has 1 aliphatic heterocycles. The molecule has 1 N–H and O–H groups in total. The van der Waals surface area contributed by atoms with Gasteiger partial charge in [0.05, 0.1) is 18.6 Å². The Morgan fingerprint density at radius 3 is 2.75 bits per heavy atom. The van der Waals surface area contributed by atoms with E-state index in [1.165, 1.54) is 0 Å². The maximum Gasteiger partial charge on any atom is 0.255 e. The number of aliphatic hydroxyl groups is 1. The quantitative estimate of drug-likeness (QED) is 0.933. The second-order valence-corrected chi connectivity index (χ2v) is 5.47. The minimum absolute atomic E-state index is 0.142. The van der Waals surface area contributed by atoms with Crippen LogP contribution in [0.4, 0.5) is 0 Å². The molecule has 2 atom stereocenters. The molecule has 1 aromatic carbocycles. The van der Waals surface area contributed by atoms with Crippen molar-refractivity contribution >= 4 is 5.91 Å². The number of hydrogen-bond acceptors (Lipinski definition) is 3. The highest BCUT2D eigenvalue weighted by Gasteiger charge is 2.47. The first-order valence-electron chi connectivity index (χ1n) is 6.67. The summed E-state index contributed by atoms with van der Waals surface area (Å²) in [4.78, 5) is 14.1. The highest BCUT2D eigenvalue weighted by Crippen LogP contribution is 2.39. The number of furan rings is 1. The van der Waals surface area contributed by atoms with Gasteiger partial charge in [-0.25, -0.2) is 0 Å². The molecule has 0 saturated carbocycles. The van der Waals surface area contributed by atoms with Crippen LogP contribution in [-0.4, -0.2) is 21.5 Å². The lowest BCUT2D eigenvalue weighted by atomic mass is 9.99. The van der Waals surface area contributed by atoms with Crippen molar-refractivity contribution in [3.8, 4) is 0 Å². The first-order valence-corrected chi connectivity index (χ1v) is 6.67. The van der Waals surface area contributed by atoms with Crippen LogP contribution in [0.25, 0.3) is 0 Å². The molecule has 1 saturated heterocycles. The van der Waals surface area contributed by atoms with Gasteiger partial charge < -0.3 is 14.4 Å². The van der Waals surface area contributed by atoms with Crippen molar-refractivity contribution < 1.29 is 14.3 Å². The van der Waals surface area contributed by atoms with E-state index in [-0.39, 0.29) is 11.9 Å². The molecule has 0 aliphatic carbocycles. The van der Waals surface area contributed by atoms with E-state index in [1.807, 2.05) is 36.4 Å². The third-order valence-corrected chi connectivity index (χ3v) is 3.81. The predicted molar refractivity (Wildman–Crippen MR) is 73.7 cm³/mol. The van der Waals surface area contributed by atoms with Crippen LogP contribution in [0.3, 0.4) is 0 Å². The molecule has 2 heterocycles. The molecule has 0 radical (unpaired) electrons. The molecule has 1 fully saturated rings. The van der Waals surface area contributed by atoms with E-state index in [4.69, 9.17) is 4.42 Å². The van der Waals surface area contributed by atoms with Gasteiger partial charge in [-0.05, 0) is 18.6 Å². The average Bonchev–Trinajstić information content (AvgIpc) is 3.03. The Labute approximate surface area is 117 Å². The summed E-state index contributed by atoms with van der Waals surface area (Å²) in [6.45, 7) is 2.07. The molecule has 104 valence electrons. The van der Waals surface area contributed by atoms with Gasteiger partial charge in [-0.15, -0.1) is 0 Å². The Balaban J connectivity index is 1.91. The molecule has 0 bridgehead atoms. The van der Waals surface area contributed by atoms with E-state index < -0.39 is 5.60 Å². The normalized spacial score (nSPS) is 26.2. The number of benzene rings is 1. The number of carbonyl (C=O) groups is 1. The number of nitrogens with zero attached hydrogens (tertiary/aromatic N) is 1. The zero-order valence-electron chi connectivity index (χ0n) is 11.3. The Hall–Kier alpha value is -2.07. The van der Waals surface area contributed by atoms with E-state index in [0.717, 1.165) is 11.1 Å². The van der Waals surface area contributed by atoms with Gasteiger partial charge in [0.2, 0.25) is 0 Å². The molecule has 1 amide bonds. The lowest BCUT2D eigenvalue weighted by Crippen LogP contribution is -2.37. The largest absolute Gasteiger partial charge is 0.472 e. The van der Waals surface area contributed by atoms with Crippen molar-refractivity contribution in [1.29, 1.82) is 0 Å². The minimum atomic E-state index is -1.31. The maximum absolute atomic E-state index is 12.4. The number of rotatable bonds is 3. The van der Waals surface area contributed by atoms with Crippen LogP contribution in [0.2, 0.25) is 0 Å². The second kappa shape index (κ2) is 4.80. The number of amides is 1. The van der Waals surface area contributed by atoms with Crippen LogP contribution >= 0.6 is 0 Å². The molecular weight excluding hydrogens is 254 g/mol. The van der Waals surface area contributed by atoms with Crippen LogP contribution in [0, 0.1) is 0 Å². The first-order chi connectivity index (χ1) is 9.58. The first kappa shape index (κ1) is 12.9. The summed E-state index contributed by atoms with van der Waals surface area (Å²) in [5.74, 6) is -0.229. The Morgan fingerprint density at radius 1 is 1.35 bits per heavy atom. The summed E-state index contributed by atoms with van der Waals surface area (Å²) in [6.07, 6.45) is 3.61. The lowest BCUT2D eigenvalue weighted by molar-refractivity contribution is -0.142. The Bertz CT molecular complexity index is 589. The zero-order chi connectivity index (χ0) is 14.2. The van der Waals surface area contributed by atoms with Gasteiger partial charge in [-0.2, -0.15) is 0 Å². The standard InChI is InChI=1S/C16H17NO3/c1-16(19)9-14(13-7-8-20-11-13)17(15(16)18)10-12-5-3-2-4-6-12/h2-8,11,14,19H,9-10H2,1H3/t14-,16+/m0/s1. The summed E-state index contributed by atoms with van der Waals surface area (Å²) < 4.78 is 5.11. The third-order valence-electron chi connectivity index (χ3n) is 3.81. The monoisotopic (exact) mass is 271 g/mol. The molecule has 0 unspecified atom stereocenters. The number of likely N-dealkylation sites (tertiary alicyclic amines) is 1. The van der Waals surface area contributed by atoms with Crippen LogP contribution in [0.5, 0.6) is 0 Å². The van der Waals surface area contributed by atoms with Crippen LogP contribution < -0.4 is 0 Å². The van der Waals surface area contributed by atoms with Gasteiger partial charge in [0.1, 0.15) is 5.60 Å². The van der Waals surface area contributed by atoms with E-state index in [2.05, 4.69) is 0 Å². The molecule has 4 heteroatoms. The van der Waals surface area contributed by atoms with Crippen LogP contribution in [0.15, 0.2) is 53.3 Å². The average molecular weight is 271 g/mol. The Morgan fingerprint density at radius 2 is 2.10 bits per heavy atom. The summed E-state index contributed by atoms with van der Waals surface area (Å²) >= 11 is 0. The molecule has 1 aromatic heterocycles. The van der Waals surface area contributed by atoms with Gasteiger partial charge in [0.15, 0.2) is 0 Å². The van der Waals surface area contributed by atoms with Crippen molar-refractivity contribution in [2.45, 2.75) is 31.5 Å². The van der Waals surface area contributed by atoms with E-state index in [0.29, 0.717) is 13.0 Å². The van der Waals surface area contributed by atoms with Crippen molar-refractivity contribution in [3.05, 3.63) is 60.1 Å². The van der Waals surface area contributed by atoms with Gasteiger partial charge in [-0.1, -0.05) is 30.3 Å². The topological polar surface area (TPSA) is 53.7 Å². The number of carbonyl (C=O) groups excluding carboxylic acids is 1. The molecule has 0 spiro atoms. The highest BCUT2D eigenvalue weighted by molar-refractivity contribution is 5.87. The summed E-state index contributed by atoms with van der Waals surface area (Å²) in [5.41, 5.74) is 0.663. The minimum Gasteiger partial charge on any atom is -0.472 e. The zero-order valence-corrected chi connectivity index (χ0v) is 11.3. The summed E-state index contributed by atoms with van der Waals surface area (Å²) in [5, 5.41) is 10.3. The van der Waals surface area contributed by atoms with Crippen LogP contribution in [-0.2, 0) is 11.3 Å². The molecule has 4 nitrogen and oxygen atoms in total. The van der Waals surface area contributed by atoms with Gasteiger partial charge >= 0.3 is 0 Å². The van der Waals surface area contributed by atoms with E-state index in [9.17, 15) is 9.90 Å². The Kier molecular flexibility index (Phi) is 3.10. The van der Waals surface area contributed by atoms with Gasteiger partial charge in [0.25, 0.3) is 5.91 Å². The third kappa shape index (κ3) is 2.23. The second-order valence-electron chi connectivity index (χ2n) is 5.47. The maximum atomic E-state index is 12.4. The van der Waals surface area contributed by atoms with Crippen molar-refractivity contribution in [2.24, 2.45) is 0 Å². The lowest BCUT2D eigenvalue weighted by Gasteiger charge is -2.24. The van der Waals surface area contributed by atoms with Crippen LogP contribution in [0.1, 0.15) is 30.5 Å². The summed E-state index contributed by atoms with van der Waals surface area (Å²) in [6, 6.07) is 11.5. The molecule has 20 heavy (non-hydrogen) atoms. The molecule has 3 rings (SSSR count). The van der Waals surface area contributed by atoms with Crippen molar-refractivity contribution in [2.75, 3.05) is 0 Å². The predicted octanol–water partition coefficient (Wildman–Crippen LogP) is 2.50. The summed E-state index contributed by atoms with van der Waals surface area (Å²) in [7, 11) is 0. The molecule has 1 aliphatic rings. The fourth-order valence-corrected chi connectivity index (χ4v) is 2.75. The smallest absolute Gasteiger partial charge is 0.255 e. The fraction of sp³-hybridized carbons (Fsp3) is 0.312. The van der Waals surface area contributed by atoms with Crippen molar-refractivity contribution in [3.63, 3.8) is 0 Å². The highest BCUT2D eigenvalue weighted by atomic mass is 16.3. The number of hydrogen-bond donors (Lipinski definition) is 1. The van der Waals surface area contributed by atoms with Gasteiger partial charge in [0, 0.05) is 18.5 Å². The molecule has 2 aromatic rings. The fourth-order valence-electron chi connectivity index (χ4n) is 2.75.